The third kappa shape index (κ3) is 3.46. The van der Waals surface area contributed by atoms with Gasteiger partial charge in [-0.15, -0.1) is 5.92 Å². The topological polar surface area (TPSA) is 12.5 Å². The second kappa shape index (κ2) is 6.20. The zero-order chi connectivity index (χ0) is 15.7. The van der Waals surface area contributed by atoms with Crippen molar-refractivity contribution in [3.63, 3.8) is 0 Å². The van der Waals surface area contributed by atoms with E-state index in [-0.39, 0.29) is 24.9 Å². The van der Waals surface area contributed by atoms with Crippen molar-refractivity contribution in [1.29, 1.82) is 0 Å². The molecule has 0 aromatic carbocycles. The smallest absolute Gasteiger partial charge is 0.251 e. The van der Waals surface area contributed by atoms with Gasteiger partial charge in [-0.1, -0.05) is 5.92 Å². The second-order valence-electron chi connectivity index (χ2n) is 7.15. The lowest BCUT2D eigenvalue weighted by Crippen LogP contribution is -2.46. The van der Waals surface area contributed by atoms with E-state index in [1.807, 2.05) is 0 Å². The van der Waals surface area contributed by atoms with Gasteiger partial charge < -0.3 is 4.74 Å². The van der Waals surface area contributed by atoms with Crippen molar-refractivity contribution in [2.45, 2.75) is 64.0 Å². The first-order chi connectivity index (χ1) is 10.4. The number of ether oxygens (including phenoxy) is 1. The van der Waals surface area contributed by atoms with Gasteiger partial charge in [-0.2, -0.15) is 0 Å². The Morgan fingerprint density at radius 1 is 1.36 bits per heavy atom. The fraction of sp³-hybridized carbons (Fsp3) is 0.778. The van der Waals surface area contributed by atoms with Crippen LogP contribution >= 0.6 is 0 Å². The number of piperidine rings is 1. The van der Waals surface area contributed by atoms with Crippen molar-refractivity contribution in [2.75, 3.05) is 13.1 Å². The number of nitrogens with zero attached hydrogens (tertiary/aromatic N) is 1. The largest absolute Gasteiger partial charge is 0.498 e. The first-order valence-electron chi connectivity index (χ1n) is 8.40. The van der Waals surface area contributed by atoms with E-state index in [2.05, 4.69) is 30.6 Å². The normalized spacial score (nSPS) is 36.0. The Hall–Kier alpha value is -1.08. The molecule has 0 aromatic heterocycles. The van der Waals surface area contributed by atoms with E-state index in [4.69, 9.17) is 4.74 Å². The molecule has 1 saturated heterocycles. The summed E-state index contributed by atoms with van der Waals surface area (Å²) >= 11 is 0. The molecule has 122 valence electrons. The molecule has 2 bridgehead atoms. The number of hydrogen-bond acceptors (Lipinski definition) is 2. The second-order valence-corrected chi connectivity index (χ2v) is 7.15. The van der Waals surface area contributed by atoms with Crippen LogP contribution in [0.15, 0.2) is 11.8 Å². The van der Waals surface area contributed by atoms with Gasteiger partial charge in [-0.25, -0.2) is 8.78 Å². The maximum Gasteiger partial charge on any atom is 0.251 e. The summed E-state index contributed by atoms with van der Waals surface area (Å²) in [5, 5.41) is 0. The third-order valence-electron chi connectivity index (χ3n) is 5.09. The van der Waals surface area contributed by atoms with Crippen LogP contribution in [0.4, 0.5) is 8.78 Å². The molecule has 0 radical (unpaired) electrons. The highest BCUT2D eigenvalue weighted by Gasteiger charge is 2.38. The number of halogens is 2. The van der Waals surface area contributed by atoms with Gasteiger partial charge in [-0.3, -0.25) is 4.90 Å². The van der Waals surface area contributed by atoms with Crippen molar-refractivity contribution >= 4 is 0 Å². The Morgan fingerprint density at radius 3 is 2.86 bits per heavy atom. The van der Waals surface area contributed by atoms with Crippen molar-refractivity contribution in [3.8, 4) is 11.8 Å². The van der Waals surface area contributed by atoms with E-state index < -0.39 is 5.92 Å². The molecule has 2 aliphatic carbocycles. The predicted octanol–water partition coefficient (Wildman–Crippen LogP) is 3.83. The van der Waals surface area contributed by atoms with Crippen molar-refractivity contribution in [2.24, 2.45) is 11.8 Å². The molecule has 1 heterocycles. The Morgan fingerprint density at radius 2 is 2.18 bits per heavy atom. The van der Waals surface area contributed by atoms with E-state index in [1.165, 1.54) is 5.57 Å². The fourth-order valence-electron chi connectivity index (χ4n) is 3.72. The molecule has 1 unspecified atom stereocenters. The molecule has 1 aliphatic heterocycles. The molecule has 0 aromatic rings. The monoisotopic (exact) mass is 309 g/mol. The number of alkyl halides is 2. The van der Waals surface area contributed by atoms with Crippen LogP contribution in [0.3, 0.4) is 0 Å². The molecule has 3 atom stereocenters. The summed E-state index contributed by atoms with van der Waals surface area (Å²) in [7, 11) is 0. The van der Waals surface area contributed by atoms with Gasteiger partial charge in [0.1, 0.15) is 6.10 Å². The Bertz CT molecular complexity index is 503. The lowest BCUT2D eigenvalue weighted by atomic mass is 9.79. The van der Waals surface area contributed by atoms with E-state index in [0.717, 1.165) is 25.9 Å². The summed E-state index contributed by atoms with van der Waals surface area (Å²) in [6, 6.07) is 0.518. The molecule has 0 N–H and O–H groups in total. The summed E-state index contributed by atoms with van der Waals surface area (Å²) in [5.41, 5.74) is 1.23. The standard InChI is InChI=1S/C18H25F2NO/c1-13(2)21-10-14-5-3-6-15(11-21)17(14)12-22-16-7-4-8-18(19,20)9-16/h12-16H,4-5,7-11H2,1-2H3/b17-12+/t14-,15?,16-/m0/s1. The third-order valence-corrected chi connectivity index (χ3v) is 5.09. The average Bonchev–Trinajstić information content (AvgIpc) is 2.43. The van der Waals surface area contributed by atoms with Crippen molar-refractivity contribution < 1.29 is 13.5 Å². The Kier molecular flexibility index (Phi) is 4.45. The molecule has 3 rings (SSSR count). The van der Waals surface area contributed by atoms with Crippen LogP contribution in [-0.2, 0) is 4.74 Å². The first-order valence-corrected chi connectivity index (χ1v) is 8.40. The Labute approximate surface area is 131 Å². The van der Waals surface area contributed by atoms with Gasteiger partial charge in [0, 0.05) is 44.3 Å². The van der Waals surface area contributed by atoms with Gasteiger partial charge in [0.05, 0.1) is 12.2 Å². The fourth-order valence-corrected chi connectivity index (χ4v) is 3.72. The van der Waals surface area contributed by atoms with Gasteiger partial charge in [-0.05, 0) is 32.3 Å². The first kappa shape index (κ1) is 15.8. The molecule has 22 heavy (non-hydrogen) atoms. The van der Waals surface area contributed by atoms with Crippen LogP contribution in [0.25, 0.3) is 0 Å². The quantitative estimate of drug-likeness (QED) is 0.580. The minimum Gasteiger partial charge on any atom is -0.498 e. The molecule has 0 amide bonds. The molecular formula is C18H25F2NO. The SMILES string of the molecule is CC(C)N1CC2C#CC[C@@H](C1)/C2=C\O[C@H]1CCCC(F)(F)C1. The average molecular weight is 309 g/mol. The summed E-state index contributed by atoms with van der Waals surface area (Å²) in [4.78, 5) is 2.45. The molecule has 4 heteroatoms. The van der Waals surface area contributed by atoms with Gasteiger partial charge in [0.25, 0.3) is 5.92 Å². The summed E-state index contributed by atoms with van der Waals surface area (Å²) in [6.07, 6.45) is 3.45. The molecular weight excluding hydrogens is 284 g/mol. The van der Waals surface area contributed by atoms with Crippen LogP contribution in [-0.4, -0.2) is 36.1 Å². The van der Waals surface area contributed by atoms with Crippen LogP contribution in [0.5, 0.6) is 0 Å². The molecule has 0 spiro atoms. The molecule has 1 saturated carbocycles. The Balaban J connectivity index is 1.66. The van der Waals surface area contributed by atoms with Crippen LogP contribution in [0, 0.1) is 23.7 Å². The van der Waals surface area contributed by atoms with Crippen LogP contribution < -0.4 is 0 Å². The number of hydrogen-bond donors (Lipinski definition) is 0. The number of fused-ring (bicyclic) bond motifs is 2. The highest BCUT2D eigenvalue weighted by atomic mass is 19.3. The van der Waals surface area contributed by atoms with E-state index >= 15 is 0 Å². The number of rotatable bonds is 3. The summed E-state index contributed by atoms with van der Waals surface area (Å²) in [5.74, 6) is 4.58. The minimum absolute atomic E-state index is 0.00348. The predicted molar refractivity (Wildman–Crippen MR) is 82.5 cm³/mol. The summed E-state index contributed by atoms with van der Waals surface area (Å²) < 4.78 is 32.7. The lowest BCUT2D eigenvalue weighted by molar-refractivity contribution is -0.0795. The molecule has 2 fully saturated rings. The zero-order valence-electron chi connectivity index (χ0n) is 13.4. The van der Waals surface area contributed by atoms with Crippen molar-refractivity contribution in [3.05, 3.63) is 11.8 Å². The minimum atomic E-state index is -2.56. The van der Waals surface area contributed by atoms with E-state index in [1.54, 1.807) is 6.26 Å². The van der Waals surface area contributed by atoms with Gasteiger partial charge in [0.2, 0.25) is 0 Å². The number of likely N-dealkylation sites (tertiary alicyclic amines) is 1. The van der Waals surface area contributed by atoms with Gasteiger partial charge in [0.15, 0.2) is 0 Å². The van der Waals surface area contributed by atoms with Gasteiger partial charge >= 0.3 is 0 Å². The van der Waals surface area contributed by atoms with Crippen LogP contribution in [0.2, 0.25) is 0 Å². The summed E-state index contributed by atoms with van der Waals surface area (Å²) in [6.45, 7) is 6.34. The zero-order valence-corrected chi connectivity index (χ0v) is 13.4. The van der Waals surface area contributed by atoms with Crippen LogP contribution in [0.1, 0.15) is 46.0 Å². The molecule has 3 aliphatic rings. The highest BCUT2D eigenvalue weighted by molar-refractivity contribution is 5.30. The highest BCUT2D eigenvalue weighted by Crippen LogP contribution is 2.37. The maximum atomic E-state index is 13.5. The lowest BCUT2D eigenvalue weighted by Gasteiger charge is -2.41. The van der Waals surface area contributed by atoms with E-state index in [9.17, 15) is 8.78 Å². The molecule has 2 nitrogen and oxygen atoms in total. The van der Waals surface area contributed by atoms with E-state index in [0.29, 0.717) is 18.4 Å². The van der Waals surface area contributed by atoms with Crippen molar-refractivity contribution in [1.82, 2.24) is 4.90 Å². The maximum absolute atomic E-state index is 13.5.